The van der Waals surface area contributed by atoms with Gasteiger partial charge < -0.3 is 11.1 Å². The zero-order valence-electron chi connectivity index (χ0n) is 11.1. The van der Waals surface area contributed by atoms with Gasteiger partial charge in [-0.1, -0.05) is 23.8 Å². The van der Waals surface area contributed by atoms with Gasteiger partial charge in [0.15, 0.2) is 0 Å². The number of benzene rings is 1. The summed E-state index contributed by atoms with van der Waals surface area (Å²) in [4.78, 5) is 12.4. The number of aromatic nitrogens is 3. The van der Waals surface area contributed by atoms with Gasteiger partial charge >= 0.3 is 0 Å². The van der Waals surface area contributed by atoms with Crippen LogP contribution in [0.15, 0.2) is 18.2 Å². The SMILES string of the molecule is Cc1ccc2c(c1)C(Nc1nc(C)nc(N)n1)CC2. The molecule has 3 N–H and O–H groups in total. The topological polar surface area (TPSA) is 76.7 Å². The van der Waals surface area contributed by atoms with Crippen LogP contribution in [0.4, 0.5) is 11.9 Å². The van der Waals surface area contributed by atoms with Gasteiger partial charge in [-0.3, -0.25) is 0 Å². The average Bonchev–Trinajstić information content (AvgIpc) is 2.70. The van der Waals surface area contributed by atoms with Gasteiger partial charge in [-0.05, 0) is 37.8 Å². The smallest absolute Gasteiger partial charge is 0.228 e. The number of nitrogen functional groups attached to an aromatic ring is 1. The first-order valence-electron chi connectivity index (χ1n) is 6.46. The van der Waals surface area contributed by atoms with E-state index in [0.29, 0.717) is 11.8 Å². The summed E-state index contributed by atoms with van der Waals surface area (Å²) in [6, 6.07) is 6.86. The minimum Gasteiger partial charge on any atom is -0.368 e. The van der Waals surface area contributed by atoms with Crippen LogP contribution in [0, 0.1) is 13.8 Å². The Labute approximate surface area is 112 Å². The van der Waals surface area contributed by atoms with E-state index >= 15 is 0 Å². The normalized spacial score (nSPS) is 17.3. The summed E-state index contributed by atoms with van der Waals surface area (Å²) in [7, 11) is 0. The maximum atomic E-state index is 5.65. The fourth-order valence-corrected chi connectivity index (χ4v) is 2.59. The molecule has 0 amide bonds. The van der Waals surface area contributed by atoms with Crippen molar-refractivity contribution in [2.24, 2.45) is 0 Å². The van der Waals surface area contributed by atoms with Crippen molar-refractivity contribution in [1.29, 1.82) is 0 Å². The van der Waals surface area contributed by atoms with E-state index < -0.39 is 0 Å². The van der Waals surface area contributed by atoms with E-state index in [1.807, 2.05) is 6.92 Å². The fourth-order valence-electron chi connectivity index (χ4n) is 2.59. The number of hydrogen-bond donors (Lipinski definition) is 2. The first kappa shape index (κ1) is 11.9. The average molecular weight is 255 g/mol. The van der Waals surface area contributed by atoms with Gasteiger partial charge in [-0.25, -0.2) is 0 Å². The Balaban J connectivity index is 1.88. The fraction of sp³-hybridized carbons (Fsp3) is 0.357. The molecular formula is C14H17N5. The molecular weight excluding hydrogens is 238 g/mol. The van der Waals surface area contributed by atoms with E-state index in [1.54, 1.807) is 0 Å². The van der Waals surface area contributed by atoms with E-state index in [1.165, 1.54) is 16.7 Å². The van der Waals surface area contributed by atoms with E-state index in [9.17, 15) is 0 Å². The van der Waals surface area contributed by atoms with Gasteiger partial charge in [0.05, 0.1) is 6.04 Å². The van der Waals surface area contributed by atoms with Crippen molar-refractivity contribution in [3.8, 4) is 0 Å². The summed E-state index contributed by atoms with van der Waals surface area (Å²) >= 11 is 0. The molecule has 0 fully saturated rings. The van der Waals surface area contributed by atoms with Gasteiger partial charge in [0, 0.05) is 0 Å². The van der Waals surface area contributed by atoms with Crippen molar-refractivity contribution < 1.29 is 0 Å². The molecule has 1 aliphatic rings. The Morgan fingerprint density at radius 3 is 2.84 bits per heavy atom. The van der Waals surface area contributed by atoms with E-state index in [2.05, 4.69) is 45.4 Å². The second-order valence-electron chi connectivity index (χ2n) is 5.00. The third-order valence-corrected chi connectivity index (χ3v) is 3.45. The molecule has 1 unspecified atom stereocenters. The van der Waals surface area contributed by atoms with Crippen molar-refractivity contribution in [2.45, 2.75) is 32.7 Å². The Hall–Kier alpha value is -2.17. The van der Waals surface area contributed by atoms with Crippen LogP contribution in [0.1, 0.15) is 35.0 Å². The lowest BCUT2D eigenvalue weighted by Crippen LogP contribution is -2.12. The maximum absolute atomic E-state index is 5.65. The predicted octanol–water partition coefficient (Wildman–Crippen LogP) is 2.17. The molecule has 0 saturated carbocycles. The number of aryl methyl sites for hydroxylation is 3. The van der Waals surface area contributed by atoms with Crippen LogP contribution in [-0.2, 0) is 6.42 Å². The van der Waals surface area contributed by atoms with Crippen LogP contribution in [-0.4, -0.2) is 15.0 Å². The molecule has 3 rings (SSSR count). The van der Waals surface area contributed by atoms with Gasteiger partial charge in [0.1, 0.15) is 5.82 Å². The van der Waals surface area contributed by atoms with Crippen LogP contribution in [0.2, 0.25) is 0 Å². The molecule has 1 aliphatic carbocycles. The van der Waals surface area contributed by atoms with Gasteiger partial charge in [-0.15, -0.1) is 0 Å². The van der Waals surface area contributed by atoms with Crippen molar-refractivity contribution in [3.63, 3.8) is 0 Å². The molecule has 1 atom stereocenters. The minimum absolute atomic E-state index is 0.260. The Morgan fingerprint density at radius 2 is 2.05 bits per heavy atom. The Morgan fingerprint density at radius 1 is 1.21 bits per heavy atom. The molecule has 1 aromatic carbocycles. The molecule has 1 heterocycles. The molecule has 98 valence electrons. The number of hydrogen-bond acceptors (Lipinski definition) is 5. The van der Waals surface area contributed by atoms with Crippen LogP contribution < -0.4 is 11.1 Å². The first-order valence-corrected chi connectivity index (χ1v) is 6.46. The van der Waals surface area contributed by atoms with Crippen LogP contribution in [0.3, 0.4) is 0 Å². The monoisotopic (exact) mass is 255 g/mol. The molecule has 2 aromatic rings. The summed E-state index contributed by atoms with van der Waals surface area (Å²) in [6.45, 7) is 3.93. The molecule has 0 radical (unpaired) electrons. The first-order chi connectivity index (χ1) is 9.11. The lowest BCUT2D eigenvalue weighted by atomic mass is 10.1. The number of nitrogens with two attached hydrogens (primary N) is 1. The second kappa shape index (κ2) is 4.50. The lowest BCUT2D eigenvalue weighted by molar-refractivity contribution is 0.747. The third-order valence-electron chi connectivity index (χ3n) is 3.45. The summed E-state index contributed by atoms with van der Waals surface area (Å²) < 4.78 is 0. The minimum atomic E-state index is 0.260. The number of nitrogens with one attached hydrogen (secondary N) is 1. The quantitative estimate of drug-likeness (QED) is 0.860. The molecule has 0 saturated heterocycles. The zero-order valence-corrected chi connectivity index (χ0v) is 11.1. The van der Waals surface area contributed by atoms with Crippen molar-refractivity contribution >= 4 is 11.9 Å². The third kappa shape index (κ3) is 2.36. The zero-order chi connectivity index (χ0) is 13.4. The highest BCUT2D eigenvalue weighted by Gasteiger charge is 2.23. The molecule has 5 nitrogen and oxygen atoms in total. The molecule has 0 spiro atoms. The van der Waals surface area contributed by atoms with Crippen LogP contribution >= 0.6 is 0 Å². The summed E-state index contributed by atoms with van der Waals surface area (Å²) in [5.41, 5.74) is 9.68. The van der Waals surface area contributed by atoms with Gasteiger partial charge in [0.25, 0.3) is 0 Å². The van der Waals surface area contributed by atoms with Gasteiger partial charge in [0.2, 0.25) is 11.9 Å². The molecule has 0 aliphatic heterocycles. The van der Waals surface area contributed by atoms with Gasteiger partial charge in [-0.2, -0.15) is 15.0 Å². The van der Waals surface area contributed by atoms with E-state index in [-0.39, 0.29) is 12.0 Å². The maximum Gasteiger partial charge on any atom is 0.228 e. The standard InChI is InChI=1S/C14H17N5/c1-8-3-4-10-5-6-12(11(10)7-8)18-14-17-9(2)16-13(15)19-14/h3-4,7,12H,5-6H2,1-2H3,(H3,15,16,17,18,19). The van der Waals surface area contributed by atoms with E-state index in [4.69, 9.17) is 5.73 Å². The predicted molar refractivity (Wildman–Crippen MR) is 74.8 cm³/mol. The number of rotatable bonds is 2. The summed E-state index contributed by atoms with van der Waals surface area (Å²) in [6.07, 6.45) is 2.15. The van der Waals surface area contributed by atoms with E-state index in [0.717, 1.165) is 12.8 Å². The highest BCUT2D eigenvalue weighted by atomic mass is 15.2. The van der Waals surface area contributed by atoms with Crippen LogP contribution in [0.25, 0.3) is 0 Å². The summed E-state index contributed by atoms with van der Waals surface area (Å²) in [5, 5.41) is 3.36. The second-order valence-corrected chi connectivity index (χ2v) is 5.00. The summed E-state index contributed by atoms with van der Waals surface area (Å²) in [5.74, 6) is 1.46. The largest absolute Gasteiger partial charge is 0.368 e. The van der Waals surface area contributed by atoms with Crippen molar-refractivity contribution in [3.05, 3.63) is 40.7 Å². The number of fused-ring (bicyclic) bond motifs is 1. The highest BCUT2D eigenvalue weighted by Crippen LogP contribution is 2.33. The molecule has 5 heteroatoms. The molecule has 1 aromatic heterocycles. The number of nitrogens with zero attached hydrogens (tertiary/aromatic N) is 3. The lowest BCUT2D eigenvalue weighted by Gasteiger charge is -2.14. The molecule has 19 heavy (non-hydrogen) atoms. The number of anilines is 2. The van der Waals surface area contributed by atoms with Crippen LogP contribution in [0.5, 0.6) is 0 Å². The molecule has 0 bridgehead atoms. The highest BCUT2D eigenvalue weighted by molar-refractivity contribution is 5.43. The van der Waals surface area contributed by atoms with Crippen molar-refractivity contribution in [1.82, 2.24) is 15.0 Å². The Kier molecular flexibility index (Phi) is 2.81. The van der Waals surface area contributed by atoms with Crippen molar-refractivity contribution in [2.75, 3.05) is 11.1 Å². The Bertz CT molecular complexity index is 603.